The van der Waals surface area contributed by atoms with E-state index in [1.807, 2.05) is 18.2 Å². The molecule has 0 spiro atoms. The van der Waals surface area contributed by atoms with Gasteiger partial charge in [-0.15, -0.1) is 0 Å². The SMILES string of the molecule is CC(=O)ON=C1CCCC1=Cc1ccccc1. The first-order valence-electron chi connectivity index (χ1n) is 5.76. The molecule has 3 heteroatoms. The summed E-state index contributed by atoms with van der Waals surface area (Å²) in [5.41, 5.74) is 3.21. The fourth-order valence-corrected chi connectivity index (χ4v) is 1.88. The molecule has 0 heterocycles. The van der Waals surface area contributed by atoms with Gasteiger partial charge in [-0.1, -0.05) is 35.5 Å². The summed E-state index contributed by atoms with van der Waals surface area (Å²) >= 11 is 0. The van der Waals surface area contributed by atoms with Crippen molar-refractivity contribution in [1.82, 2.24) is 0 Å². The van der Waals surface area contributed by atoms with Gasteiger partial charge >= 0.3 is 5.97 Å². The Labute approximate surface area is 101 Å². The average Bonchev–Trinajstić information content (AvgIpc) is 2.75. The van der Waals surface area contributed by atoms with Crippen LogP contribution in [0, 0.1) is 0 Å². The molecule has 1 aromatic carbocycles. The maximum atomic E-state index is 10.7. The molecule has 1 aliphatic carbocycles. The Morgan fingerprint density at radius 3 is 2.76 bits per heavy atom. The minimum atomic E-state index is -0.372. The lowest BCUT2D eigenvalue weighted by Gasteiger charge is -2.00. The van der Waals surface area contributed by atoms with E-state index in [0.717, 1.165) is 36.1 Å². The first-order chi connectivity index (χ1) is 8.25. The highest BCUT2D eigenvalue weighted by Crippen LogP contribution is 2.24. The van der Waals surface area contributed by atoms with Crippen LogP contribution in [-0.4, -0.2) is 11.7 Å². The van der Waals surface area contributed by atoms with E-state index in [4.69, 9.17) is 4.84 Å². The second-order valence-corrected chi connectivity index (χ2v) is 4.05. The predicted octanol–water partition coefficient (Wildman–Crippen LogP) is 3.17. The smallest absolute Gasteiger partial charge is 0.318 e. The number of nitrogens with zero attached hydrogens (tertiary/aromatic N) is 1. The summed E-state index contributed by atoms with van der Waals surface area (Å²) in [5.74, 6) is -0.372. The summed E-state index contributed by atoms with van der Waals surface area (Å²) in [6.07, 6.45) is 5.05. The molecule has 2 rings (SSSR count). The summed E-state index contributed by atoms with van der Waals surface area (Å²) in [6.45, 7) is 1.36. The van der Waals surface area contributed by atoms with Crippen molar-refractivity contribution in [2.24, 2.45) is 5.16 Å². The van der Waals surface area contributed by atoms with E-state index in [2.05, 4.69) is 23.4 Å². The number of hydrogen-bond acceptors (Lipinski definition) is 3. The zero-order valence-corrected chi connectivity index (χ0v) is 9.85. The summed E-state index contributed by atoms with van der Waals surface area (Å²) < 4.78 is 0. The molecule has 3 nitrogen and oxygen atoms in total. The van der Waals surface area contributed by atoms with Gasteiger partial charge in [0.25, 0.3) is 0 Å². The monoisotopic (exact) mass is 229 g/mol. The van der Waals surface area contributed by atoms with Gasteiger partial charge in [-0.2, -0.15) is 0 Å². The number of benzene rings is 1. The van der Waals surface area contributed by atoms with Gasteiger partial charge in [0.05, 0.1) is 5.71 Å². The minimum absolute atomic E-state index is 0.372. The third-order valence-corrected chi connectivity index (χ3v) is 2.66. The van der Waals surface area contributed by atoms with Crippen molar-refractivity contribution < 1.29 is 9.63 Å². The second-order valence-electron chi connectivity index (χ2n) is 4.05. The largest absolute Gasteiger partial charge is 0.331 e. The summed E-state index contributed by atoms with van der Waals surface area (Å²) in [4.78, 5) is 15.4. The van der Waals surface area contributed by atoms with E-state index >= 15 is 0 Å². The highest BCUT2D eigenvalue weighted by molar-refractivity contribution is 6.05. The van der Waals surface area contributed by atoms with E-state index in [0.29, 0.717) is 0 Å². The van der Waals surface area contributed by atoms with Crippen molar-refractivity contribution >= 4 is 17.8 Å². The fraction of sp³-hybridized carbons (Fsp3) is 0.286. The number of oxime groups is 1. The molecule has 0 N–H and O–H groups in total. The molecule has 0 unspecified atom stereocenters. The Balaban J connectivity index is 2.17. The van der Waals surface area contributed by atoms with Crippen molar-refractivity contribution in [2.75, 3.05) is 0 Å². The van der Waals surface area contributed by atoms with Crippen LogP contribution in [0.1, 0.15) is 31.7 Å². The van der Waals surface area contributed by atoms with Gasteiger partial charge in [-0.05, 0) is 36.5 Å². The molecule has 17 heavy (non-hydrogen) atoms. The Morgan fingerprint density at radius 1 is 1.29 bits per heavy atom. The number of carbonyl (C=O) groups excluding carboxylic acids is 1. The van der Waals surface area contributed by atoms with Crippen LogP contribution in [-0.2, 0) is 9.63 Å². The zero-order valence-electron chi connectivity index (χ0n) is 9.85. The normalized spacial score (nSPS) is 19.8. The third-order valence-electron chi connectivity index (χ3n) is 2.66. The van der Waals surface area contributed by atoms with Crippen molar-refractivity contribution in [1.29, 1.82) is 0 Å². The number of rotatable bonds is 2. The molecule has 0 bridgehead atoms. The molecule has 0 atom stereocenters. The van der Waals surface area contributed by atoms with E-state index in [1.54, 1.807) is 0 Å². The van der Waals surface area contributed by atoms with Gasteiger partial charge in [0.2, 0.25) is 0 Å². The quantitative estimate of drug-likeness (QED) is 0.577. The van der Waals surface area contributed by atoms with Crippen LogP contribution >= 0.6 is 0 Å². The molecular weight excluding hydrogens is 214 g/mol. The van der Waals surface area contributed by atoms with Crippen molar-refractivity contribution in [3.63, 3.8) is 0 Å². The van der Waals surface area contributed by atoms with E-state index in [9.17, 15) is 4.79 Å². The molecular formula is C14H15NO2. The van der Waals surface area contributed by atoms with Gasteiger partial charge in [0.15, 0.2) is 0 Å². The van der Waals surface area contributed by atoms with Gasteiger partial charge < -0.3 is 4.84 Å². The lowest BCUT2D eigenvalue weighted by atomic mass is 10.1. The van der Waals surface area contributed by atoms with Crippen LogP contribution in [0.4, 0.5) is 0 Å². The van der Waals surface area contributed by atoms with Crippen molar-refractivity contribution in [3.8, 4) is 0 Å². The maximum absolute atomic E-state index is 10.7. The lowest BCUT2D eigenvalue weighted by molar-refractivity contribution is -0.140. The first kappa shape index (κ1) is 11.6. The summed E-state index contributed by atoms with van der Waals surface area (Å²) in [7, 11) is 0. The molecule has 0 amide bonds. The first-order valence-corrected chi connectivity index (χ1v) is 5.76. The van der Waals surface area contributed by atoms with Crippen LogP contribution in [0.3, 0.4) is 0 Å². The Hall–Kier alpha value is -1.90. The average molecular weight is 229 g/mol. The number of hydrogen-bond donors (Lipinski definition) is 0. The summed E-state index contributed by atoms with van der Waals surface area (Å²) in [6, 6.07) is 10.1. The molecule has 0 saturated heterocycles. The Kier molecular flexibility index (Phi) is 3.70. The van der Waals surface area contributed by atoms with Crippen LogP contribution in [0.15, 0.2) is 41.1 Å². The maximum Gasteiger partial charge on any atom is 0.331 e. The molecule has 0 radical (unpaired) electrons. The fourth-order valence-electron chi connectivity index (χ4n) is 1.88. The minimum Gasteiger partial charge on any atom is -0.318 e. The Morgan fingerprint density at radius 2 is 2.06 bits per heavy atom. The molecule has 1 aliphatic rings. The van der Waals surface area contributed by atoms with Gasteiger partial charge in [-0.3, -0.25) is 0 Å². The van der Waals surface area contributed by atoms with E-state index in [-0.39, 0.29) is 5.97 Å². The predicted molar refractivity (Wildman–Crippen MR) is 67.5 cm³/mol. The van der Waals surface area contributed by atoms with Crippen LogP contribution in [0.25, 0.3) is 6.08 Å². The van der Waals surface area contributed by atoms with Crippen LogP contribution in [0.5, 0.6) is 0 Å². The van der Waals surface area contributed by atoms with Gasteiger partial charge in [0, 0.05) is 6.92 Å². The van der Waals surface area contributed by atoms with Gasteiger partial charge in [0.1, 0.15) is 0 Å². The molecule has 88 valence electrons. The molecule has 1 saturated carbocycles. The van der Waals surface area contributed by atoms with E-state index < -0.39 is 0 Å². The highest BCUT2D eigenvalue weighted by atomic mass is 16.7. The molecule has 0 aromatic heterocycles. The second kappa shape index (κ2) is 5.43. The van der Waals surface area contributed by atoms with Crippen molar-refractivity contribution in [3.05, 3.63) is 41.5 Å². The topological polar surface area (TPSA) is 38.7 Å². The summed E-state index contributed by atoms with van der Waals surface area (Å²) in [5, 5.41) is 3.90. The van der Waals surface area contributed by atoms with Gasteiger partial charge in [-0.25, -0.2) is 4.79 Å². The number of allylic oxidation sites excluding steroid dienone is 1. The standard InChI is InChI=1S/C14H15NO2/c1-11(16)17-15-14-9-5-8-13(14)10-12-6-3-2-4-7-12/h2-4,6-7,10H,5,8-9H2,1H3. The van der Waals surface area contributed by atoms with E-state index in [1.165, 1.54) is 6.92 Å². The molecule has 1 aromatic rings. The zero-order chi connectivity index (χ0) is 12.1. The third kappa shape index (κ3) is 3.28. The molecule has 1 fully saturated rings. The van der Waals surface area contributed by atoms with Crippen LogP contribution in [0.2, 0.25) is 0 Å². The lowest BCUT2D eigenvalue weighted by Crippen LogP contribution is -1.99. The number of carbonyl (C=O) groups is 1. The van der Waals surface area contributed by atoms with Crippen molar-refractivity contribution in [2.45, 2.75) is 26.2 Å². The molecule has 0 aliphatic heterocycles. The Bertz CT molecular complexity index is 460. The van der Waals surface area contributed by atoms with Crippen LogP contribution < -0.4 is 0 Å². The highest BCUT2D eigenvalue weighted by Gasteiger charge is 2.16.